The SMILES string of the molecule is CC(C)COC(=O)/C=C/c1ccc(N)cc1. The highest BCUT2D eigenvalue weighted by atomic mass is 16.5. The Morgan fingerprint density at radius 2 is 2.00 bits per heavy atom. The van der Waals surface area contributed by atoms with Gasteiger partial charge in [-0.05, 0) is 29.7 Å². The molecule has 1 aromatic rings. The Morgan fingerprint density at radius 1 is 1.38 bits per heavy atom. The van der Waals surface area contributed by atoms with Crippen molar-refractivity contribution in [2.75, 3.05) is 12.3 Å². The molecule has 2 N–H and O–H groups in total. The number of ether oxygens (including phenoxy) is 1. The Kier molecular flexibility index (Phi) is 4.58. The molecular weight excluding hydrogens is 202 g/mol. The van der Waals surface area contributed by atoms with Crippen molar-refractivity contribution in [1.82, 2.24) is 0 Å². The van der Waals surface area contributed by atoms with E-state index in [9.17, 15) is 4.79 Å². The predicted octanol–water partition coefficient (Wildman–Crippen LogP) is 2.48. The van der Waals surface area contributed by atoms with Crippen molar-refractivity contribution in [3.63, 3.8) is 0 Å². The van der Waals surface area contributed by atoms with Crippen LogP contribution < -0.4 is 5.73 Å². The average molecular weight is 219 g/mol. The fourth-order valence-corrected chi connectivity index (χ4v) is 1.07. The van der Waals surface area contributed by atoms with Gasteiger partial charge in [0.2, 0.25) is 0 Å². The largest absolute Gasteiger partial charge is 0.462 e. The second-order valence-electron chi connectivity index (χ2n) is 4.02. The Balaban J connectivity index is 2.47. The maximum atomic E-state index is 11.3. The number of carbonyl (C=O) groups is 1. The van der Waals surface area contributed by atoms with Crippen molar-refractivity contribution in [2.24, 2.45) is 5.92 Å². The molecule has 0 aliphatic heterocycles. The van der Waals surface area contributed by atoms with Crippen molar-refractivity contribution in [1.29, 1.82) is 0 Å². The van der Waals surface area contributed by atoms with E-state index in [1.54, 1.807) is 18.2 Å². The Bertz CT molecular complexity index is 366. The first-order chi connectivity index (χ1) is 7.58. The van der Waals surface area contributed by atoms with Crippen LogP contribution in [0.25, 0.3) is 6.08 Å². The van der Waals surface area contributed by atoms with Crippen molar-refractivity contribution in [3.05, 3.63) is 35.9 Å². The van der Waals surface area contributed by atoms with Crippen LogP contribution in [0, 0.1) is 5.92 Å². The predicted molar refractivity (Wildman–Crippen MR) is 65.7 cm³/mol. The van der Waals surface area contributed by atoms with Gasteiger partial charge in [0.05, 0.1) is 6.61 Å². The molecule has 3 heteroatoms. The number of carbonyl (C=O) groups excluding carboxylic acids is 1. The third-order valence-corrected chi connectivity index (χ3v) is 1.91. The summed E-state index contributed by atoms with van der Waals surface area (Å²) < 4.78 is 5.00. The zero-order chi connectivity index (χ0) is 12.0. The topological polar surface area (TPSA) is 52.3 Å². The summed E-state index contributed by atoms with van der Waals surface area (Å²) in [7, 11) is 0. The minimum Gasteiger partial charge on any atom is -0.462 e. The maximum absolute atomic E-state index is 11.3. The summed E-state index contributed by atoms with van der Waals surface area (Å²) in [6, 6.07) is 7.28. The van der Waals surface area contributed by atoms with Crippen molar-refractivity contribution >= 4 is 17.7 Å². The van der Waals surface area contributed by atoms with Gasteiger partial charge in [-0.25, -0.2) is 4.79 Å². The number of nitrogens with two attached hydrogens (primary N) is 1. The zero-order valence-electron chi connectivity index (χ0n) is 9.64. The first kappa shape index (κ1) is 12.3. The monoisotopic (exact) mass is 219 g/mol. The fourth-order valence-electron chi connectivity index (χ4n) is 1.07. The molecule has 0 unspecified atom stereocenters. The molecule has 0 aliphatic rings. The maximum Gasteiger partial charge on any atom is 0.330 e. The van der Waals surface area contributed by atoms with Gasteiger partial charge in [0, 0.05) is 11.8 Å². The normalized spacial score (nSPS) is 10.9. The summed E-state index contributed by atoms with van der Waals surface area (Å²) in [4.78, 5) is 11.3. The van der Waals surface area contributed by atoms with E-state index in [4.69, 9.17) is 10.5 Å². The van der Waals surface area contributed by atoms with Gasteiger partial charge in [-0.15, -0.1) is 0 Å². The smallest absolute Gasteiger partial charge is 0.330 e. The summed E-state index contributed by atoms with van der Waals surface area (Å²) in [5.41, 5.74) is 7.18. The number of hydrogen-bond acceptors (Lipinski definition) is 3. The summed E-state index contributed by atoms with van der Waals surface area (Å²) in [5.74, 6) is 0.0411. The third-order valence-electron chi connectivity index (χ3n) is 1.91. The fraction of sp³-hybridized carbons (Fsp3) is 0.308. The summed E-state index contributed by atoms with van der Waals surface area (Å²) in [6.07, 6.45) is 3.13. The summed E-state index contributed by atoms with van der Waals surface area (Å²) in [6.45, 7) is 4.44. The Labute approximate surface area is 95.9 Å². The highest BCUT2D eigenvalue weighted by Gasteiger charge is 1.99. The van der Waals surface area contributed by atoms with Crippen LogP contribution in [0.15, 0.2) is 30.3 Å². The number of hydrogen-bond donors (Lipinski definition) is 1. The number of benzene rings is 1. The molecule has 0 bridgehead atoms. The molecule has 3 nitrogen and oxygen atoms in total. The molecule has 1 aromatic carbocycles. The van der Waals surface area contributed by atoms with Crippen LogP contribution in [0.1, 0.15) is 19.4 Å². The molecule has 0 radical (unpaired) electrons. The first-order valence-corrected chi connectivity index (χ1v) is 5.28. The first-order valence-electron chi connectivity index (χ1n) is 5.28. The van der Waals surface area contributed by atoms with Crippen molar-refractivity contribution in [2.45, 2.75) is 13.8 Å². The number of rotatable bonds is 4. The number of anilines is 1. The highest BCUT2D eigenvalue weighted by Crippen LogP contribution is 2.07. The van der Waals surface area contributed by atoms with Crippen LogP contribution in [0.4, 0.5) is 5.69 Å². The molecule has 0 aromatic heterocycles. The van der Waals surface area contributed by atoms with Crippen LogP contribution in [0.5, 0.6) is 0 Å². The average Bonchev–Trinajstić information content (AvgIpc) is 2.25. The minimum absolute atomic E-state index is 0.314. The van der Waals surface area contributed by atoms with Gasteiger partial charge in [-0.3, -0.25) is 0 Å². The van der Waals surface area contributed by atoms with E-state index in [0.717, 1.165) is 5.56 Å². The van der Waals surface area contributed by atoms with Gasteiger partial charge >= 0.3 is 5.97 Å². The van der Waals surface area contributed by atoms with Gasteiger partial charge in [-0.1, -0.05) is 26.0 Å². The molecule has 0 amide bonds. The van der Waals surface area contributed by atoms with Gasteiger partial charge in [0.15, 0.2) is 0 Å². The van der Waals surface area contributed by atoms with Gasteiger partial charge in [0.25, 0.3) is 0 Å². The van der Waals surface area contributed by atoms with Gasteiger partial charge in [-0.2, -0.15) is 0 Å². The van der Waals surface area contributed by atoms with Crippen molar-refractivity contribution in [3.8, 4) is 0 Å². The third kappa shape index (κ3) is 4.64. The minimum atomic E-state index is -0.314. The van der Waals surface area contributed by atoms with Crippen LogP contribution in [0.2, 0.25) is 0 Å². The molecular formula is C13H17NO2. The van der Waals surface area contributed by atoms with E-state index in [-0.39, 0.29) is 5.97 Å². The lowest BCUT2D eigenvalue weighted by molar-refractivity contribution is -0.138. The number of esters is 1. The lowest BCUT2D eigenvalue weighted by Gasteiger charge is -2.03. The quantitative estimate of drug-likeness (QED) is 0.481. The second-order valence-corrected chi connectivity index (χ2v) is 4.02. The molecule has 16 heavy (non-hydrogen) atoms. The molecule has 86 valence electrons. The lowest BCUT2D eigenvalue weighted by atomic mass is 10.2. The molecule has 0 atom stereocenters. The van der Waals surface area contributed by atoms with Crippen LogP contribution >= 0.6 is 0 Å². The molecule has 0 saturated carbocycles. The van der Waals surface area contributed by atoms with Crippen LogP contribution in [-0.2, 0) is 9.53 Å². The van der Waals surface area contributed by atoms with Crippen molar-refractivity contribution < 1.29 is 9.53 Å². The lowest BCUT2D eigenvalue weighted by Crippen LogP contribution is -2.06. The van der Waals surface area contributed by atoms with Gasteiger partial charge < -0.3 is 10.5 Å². The molecule has 0 spiro atoms. The van der Waals surface area contributed by atoms with E-state index >= 15 is 0 Å². The molecule has 0 aliphatic carbocycles. The second kappa shape index (κ2) is 5.95. The number of nitrogen functional groups attached to an aromatic ring is 1. The van der Waals surface area contributed by atoms with Crippen LogP contribution in [-0.4, -0.2) is 12.6 Å². The van der Waals surface area contributed by atoms with Crippen LogP contribution in [0.3, 0.4) is 0 Å². The molecule has 1 rings (SSSR count). The summed E-state index contributed by atoms with van der Waals surface area (Å²) >= 11 is 0. The highest BCUT2D eigenvalue weighted by molar-refractivity contribution is 5.87. The van der Waals surface area contributed by atoms with E-state index in [0.29, 0.717) is 18.2 Å². The zero-order valence-corrected chi connectivity index (χ0v) is 9.64. The summed E-state index contributed by atoms with van der Waals surface area (Å²) in [5, 5.41) is 0. The standard InChI is InChI=1S/C13H17NO2/c1-10(2)9-16-13(15)8-5-11-3-6-12(14)7-4-11/h3-8,10H,9,14H2,1-2H3/b8-5+. The Hall–Kier alpha value is -1.77. The van der Waals surface area contributed by atoms with Gasteiger partial charge in [0.1, 0.15) is 0 Å². The Morgan fingerprint density at radius 3 is 2.56 bits per heavy atom. The molecule has 0 fully saturated rings. The van der Waals surface area contributed by atoms with E-state index in [2.05, 4.69) is 0 Å². The van der Waals surface area contributed by atoms with E-state index < -0.39 is 0 Å². The van der Waals surface area contributed by atoms with E-state index in [1.807, 2.05) is 26.0 Å². The molecule has 0 saturated heterocycles. The molecule has 0 heterocycles. The van der Waals surface area contributed by atoms with E-state index in [1.165, 1.54) is 6.08 Å².